The van der Waals surface area contributed by atoms with Gasteiger partial charge in [0.25, 0.3) is 0 Å². The number of carbonyl (C=O) groups is 1. The number of hydrogen-bond acceptors (Lipinski definition) is 5. The number of nitrogens with zero attached hydrogens (tertiary/aromatic N) is 2. The first-order valence-corrected chi connectivity index (χ1v) is 16.2. The number of allylic oxidation sites excluding steroid dienone is 1. The van der Waals surface area contributed by atoms with Gasteiger partial charge >= 0.3 is 0 Å². The van der Waals surface area contributed by atoms with Gasteiger partial charge in [0.2, 0.25) is 5.78 Å². The van der Waals surface area contributed by atoms with Crippen molar-refractivity contribution in [3.05, 3.63) is 95.6 Å². The van der Waals surface area contributed by atoms with Gasteiger partial charge in [-0.25, -0.2) is 9.07 Å². The first kappa shape index (κ1) is 28.6. The summed E-state index contributed by atoms with van der Waals surface area (Å²) in [7, 11) is 0. The van der Waals surface area contributed by atoms with Gasteiger partial charge in [0.05, 0.1) is 23.7 Å². The van der Waals surface area contributed by atoms with E-state index in [-0.39, 0.29) is 41.4 Å². The minimum absolute atomic E-state index is 0.0178. The van der Waals surface area contributed by atoms with Crippen molar-refractivity contribution in [3.8, 4) is 11.4 Å². The Balaban J connectivity index is 1.04. The maximum Gasteiger partial charge on any atom is 0.202 e. The van der Waals surface area contributed by atoms with E-state index in [2.05, 4.69) is 18.1 Å². The zero-order valence-corrected chi connectivity index (χ0v) is 25.7. The van der Waals surface area contributed by atoms with Crippen molar-refractivity contribution in [2.24, 2.45) is 28.6 Å². The molecule has 0 saturated heterocycles. The van der Waals surface area contributed by atoms with Crippen molar-refractivity contribution in [1.29, 1.82) is 0 Å². The molecule has 3 fully saturated rings. The summed E-state index contributed by atoms with van der Waals surface area (Å²) < 4.78 is 21.4. The standard InChI is InChI=1S/C38H39FN2O4/c1-36-19-25-21-40-41(28-11-9-27(39)10-12-28)32(25)18-26(36)8-14-30-31-15-16-38(44,37(31,2)20-33(42)35(30)36)34(43)22-45-29-13-7-23-5-3-4-6-24(23)17-29/h3-7,9-13,17-18,21,30-31,33,35,42,44H,8,14-16,19-20,22H2,1-2H3. The molecule has 0 radical (unpaired) electrons. The summed E-state index contributed by atoms with van der Waals surface area (Å²) in [6.07, 6.45) is 7.57. The van der Waals surface area contributed by atoms with Crippen molar-refractivity contribution in [2.75, 3.05) is 6.61 Å². The van der Waals surface area contributed by atoms with Crippen LogP contribution in [0.1, 0.15) is 57.2 Å². The molecule has 3 aromatic carbocycles. The van der Waals surface area contributed by atoms with Gasteiger partial charge in [-0.1, -0.05) is 49.8 Å². The van der Waals surface area contributed by atoms with Gasteiger partial charge in [0, 0.05) is 5.41 Å². The van der Waals surface area contributed by atoms with E-state index in [0.717, 1.165) is 53.4 Å². The highest BCUT2D eigenvalue weighted by Crippen LogP contribution is 2.67. The monoisotopic (exact) mass is 606 g/mol. The number of carbonyl (C=O) groups excluding carboxylic acids is 1. The summed E-state index contributed by atoms with van der Waals surface area (Å²) in [6, 6.07) is 20.2. The SMILES string of the molecule is CC12Cc3cnn(-c4ccc(F)cc4)c3C=C1CCC1C2C(O)CC2(C)C1CCC2(O)C(=O)COc1ccc2ccccc2c1. The summed E-state index contributed by atoms with van der Waals surface area (Å²) >= 11 is 0. The molecule has 232 valence electrons. The van der Waals surface area contributed by atoms with Crippen molar-refractivity contribution in [2.45, 2.75) is 64.1 Å². The third-order valence-electron chi connectivity index (χ3n) is 12.2. The number of ketones is 1. The lowest BCUT2D eigenvalue weighted by Gasteiger charge is -2.60. The second-order valence-corrected chi connectivity index (χ2v) is 14.4. The Labute approximate surface area is 262 Å². The molecule has 7 atom stereocenters. The van der Waals surface area contributed by atoms with Crippen LogP contribution in [0.5, 0.6) is 5.75 Å². The van der Waals surface area contributed by atoms with Crippen molar-refractivity contribution in [1.82, 2.24) is 9.78 Å². The smallest absolute Gasteiger partial charge is 0.202 e. The number of benzene rings is 3. The molecule has 0 amide bonds. The number of fused-ring (bicyclic) bond motifs is 7. The lowest BCUT2D eigenvalue weighted by molar-refractivity contribution is -0.180. The van der Waals surface area contributed by atoms with Crippen molar-refractivity contribution in [3.63, 3.8) is 0 Å². The van der Waals surface area contributed by atoms with Crippen molar-refractivity contribution >= 4 is 22.6 Å². The topological polar surface area (TPSA) is 84.6 Å². The molecular weight excluding hydrogens is 567 g/mol. The molecule has 4 aromatic rings. The summed E-state index contributed by atoms with van der Waals surface area (Å²) in [5, 5.41) is 30.9. The highest BCUT2D eigenvalue weighted by atomic mass is 19.1. The normalized spacial score (nSPS) is 33.5. The summed E-state index contributed by atoms with van der Waals surface area (Å²) in [5.41, 5.74) is 1.74. The molecule has 0 bridgehead atoms. The van der Waals surface area contributed by atoms with Gasteiger partial charge in [-0.15, -0.1) is 0 Å². The molecule has 0 spiro atoms. The predicted octanol–water partition coefficient (Wildman–Crippen LogP) is 6.70. The third kappa shape index (κ3) is 4.20. The van der Waals surface area contributed by atoms with Gasteiger partial charge in [0.1, 0.15) is 23.8 Å². The maximum absolute atomic E-state index is 13.8. The molecule has 1 heterocycles. The summed E-state index contributed by atoms with van der Waals surface area (Å²) in [6.45, 7) is 4.10. The van der Waals surface area contributed by atoms with Crippen LogP contribution in [0.3, 0.4) is 0 Å². The molecule has 1 aromatic heterocycles. The quantitative estimate of drug-likeness (QED) is 0.264. The Bertz CT molecular complexity index is 1850. The Hall–Kier alpha value is -3.81. The Kier molecular flexibility index (Phi) is 6.43. The van der Waals surface area contributed by atoms with Crippen LogP contribution >= 0.6 is 0 Å². The number of aromatic nitrogens is 2. The Morgan fingerprint density at radius 3 is 2.64 bits per heavy atom. The van der Waals surface area contributed by atoms with E-state index in [0.29, 0.717) is 18.6 Å². The largest absolute Gasteiger partial charge is 0.486 e. The highest BCUT2D eigenvalue weighted by molar-refractivity contribution is 5.90. The second-order valence-electron chi connectivity index (χ2n) is 14.4. The fraction of sp³-hybridized carbons (Fsp3) is 0.421. The van der Waals surface area contributed by atoms with Gasteiger partial charge in [-0.3, -0.25) is 4.79 Å². The van der Waals surface area contributed by atoms with Crippen molar-refractivity contribution < 1.29 is 24.1 Å². The number of aliphatic hydroxyl groups excluding tert-OH is 1. The molecule has 0 aliphatic heterocycles. The predicted molar refractivity (Wildman–Crippen MR) is 170 cm³/mol. The summed E-state index contributed by atoms with van der Waals surface area (Å²) in [4.78, 5) is 13.8. The number of halogens is 1. The molecule has 2 N–H and O–H groups in total. The number of rotatable bonds is 5. The van der Waals surface area contributed by atoms with E-state index in [1.54, 1.807) is 12.1 Å². The van der Waals surface area contributed by atoms with Crippen LogP contribution in [-0.2, 0) is 11.2 Å². The van der Waals surface area contributed by atoms with E-state index in [4.69, 9.17) is 4.74 Å². The van der Waals surface area contributed by atoms with Gasteiger partial charge in [-0.05, 0) is 121 Å². The summed E-state index contributed by atoms with van der Waals surface area (Å²) in [5.74, 6) is 0.363. The molecule has 4 aliphatic rings. The Morgan fingerprint density at radius 1 is 1.07 bits per heavy atom. The average molecular weight is 607 g/mol. The van der Waals surface area contributed by atoms with E-state index >= 15 is 0 Å². The average Bonchev–Trinajstić information content (AvgIpc) is 3.55. The molecule has 3 saturated carbocycles. The van der Waals surface area contributed by atoms with Gasteiger partial charge in [0.15, 0.2) is 0 Å². The minimum Gasteiger partial charge on any atom is -0.486 e. The van der Waals surface area contributed by atoms with Crippen LogP contribution < -0.4 is 4.74 Å². The van der Waals surface area contributed by atoms with E-state index < -0.39 is 17.1 Å². The first-order chi connectivity index (χ1) is 21.6. The zero-order chi connectivity index (χ0) is 31.1. The van der Waals surface area contributed by atoms with Gasteiger partial charge in [-0.2, -0.15) is 5.10 Å². The van der Waals surface area contributed by atoms with Crippen LogP contribution in [-0.4, -0.2) is 44.1 Å². The fourth-order valence-corrected chi connectivity index (χ4v) is 9.96. The third-order valence-corrected chi connectivity index (χ3v) is 12.2. The van der Waals surface area contributed by atoms with Crippen LogP contribution in [0.15, 0.2) is 78.5 Å². The molecule has 8 rings (SSSR count). The molecule has 7 heteroatoms. The lowest BCUT2D eigenvalue weighted by atomic mass is 9.45. The molecule has 4 aliphatic carbocycles. The maximum atomic E-state index is 13.8. The molecule has 6 nitrogen and oxygen atoms in total. The molecule has 45 heavy (non-hydrogen) atoms. The molecule has 7 unspecified atom stereocenters. The minimum atomic E-state index is -1.55. The highest BCUT2D eigenvalue weighted by Gasteiger charge is 2.68. The van der Waals surface area contributed by atoms with E-state index in [1.807, 2.05) is 60.3 Å². The van der Waals surface area contributed by atoms with Gasteiger partial charge < -0.3 is 14.9 Å². The van der Waals surface area contributed by atoms with Crippen LogP contribution in [0, 0.1) is 34.4 Å². The van der Waals surface area contributed by atoms with E-state index in [9.17, 15) is 19.4 Å². The van der Waals surface area contributed by atoms with E-state index in [1.165, 1.54) is 17.7 Å². The molecular formula is C38H39FN2O4. The second kappa shape index (κ2) is 10.1. The van der Waals surface area contributed by atoms with Crippen LogP contribution in [0.4, 0.5) is 4.39 Å². The van der Waals surface area contributed by atoms with Crippen LogP contribution in [0.25, 0.3) is 22.5 Å². The van der Waals surface area contributed by atoms with Crippen LogP contribution in [0.2, 0.25) is 0 Å². The number of Topliss-reactive ketones (excluding diaryl/α,β-unsaturated/α-hetero) is 1. The number of ether oxygens (including phenoxy) is 1. The fourth-order valence-electron chi connectivity index (χ4n) is 9.96. The zero-order valence-electron chi connectivity index (χ0n) is 25.7. The first-order valence-electron chi connectivity index (χ1n) is 16.2. The Morgan fingerprint density at radius 2 is 1.84 bits per heavy atom. The number of aliphatic hydroxyl groups is 2. The number of hydrogen-bond donors (Lipinski definition) is 2. The lowest BCUT2D eigenvalue weighted by Crippen LogP contribution is -2.62.